The van der Waals surface area contributed by atoms with E-state index in [1.54, 1.807) is 11.0 Å². The van der Waals surface area contributed by atoms with Crippen molar-refractivity contribution in [3.8, 4) is 11.1 Å². The third kappa shape index (κ3) is 3.96. The smallest absolute Gasteiger partial charge is 0.292 e. The van der Waals surface area contributed by atoms with Crippen LogP contribution in [0.1, 0.15) is 20.9 Å². The van der Waals surface area contributed by atoms with Gasteiger partial charge in [0.15, 0.2) is 0 Å². The summed E-state index contributed by atoms with van der Waals surface area (Å²) in [5, 5.41) is 3.60. The van der Waals surface area contributed by atoms with Crippen molar-refractivity contribution in [1.29, 1.82) is 0 Å². The van der Waals surface area contributed by atoms with Crippen LogP contribution in [0.3, 0.4) is 0 Å². The second kappa shape index (κ2) is 8.35. The number of aromatic nitrogens is 1. The van der Waals surface area contributed by atoms with E-state index in [2.05, 4.69) is 22.2 Å². The highest BCUT2D eigenvalue weighted by Gasteiger charge is 2.37. The van der Waals surface area contributed by atoms with Crippen molar-refractivity contribution in [3.63, 3.8) is 0 Å². The largest absolute Gasteiger partial charge is 0.351 e. The van der Waals surface area contributed by atoms with Crippen LogP contribution in [-0.4, -0.2) is 77.0 Å². The van der Waals surface area contributed by atoms with Gasteiger partial charge in [0.1, 0.15) is 0 Å². The van der Waals surface area contributed by atoms with Gasteiger partial charge in [-0.1, -0.05) is 47.6 Å². The zero-order chi connectivity index (χ0) is 21.2. The van der Waals surface area contributed by atoms with Gasteiger partial charge in [0.25, 0.3) is 11.8 Å². The topological polar surface area (TPSA) is 69.9 Å². The highest BCUT2D eigenvalue weighted by molar-refractivity contribution is 5.95. The molecule has 7 nitrogen and oxygen atoms in total. The molecule has 0 N–H and O–H groups in total. The van der Waals surface area contributed by atoms with Crippen LogP contribution >= 0.6 is 0 Å². The Morgan fingerprint density at radius 1 is 0.774 bits per heavy atom. The Morgan fingerprint density at radius 3 is 2.10 bits per heavy atom. The van der Waals surface area contributed by atoms with Gasteiger partial charge >= 0.3 is 0 Å². The standard InChI is InChI=1S/C24H24N4O3/c29-23(20-8-6-19(7-9-20)18-4-2-1-3-5-18)28-16-21(17-28)26-12-14-27(15-13-26)24(30)22-10-11-25-31-22/h1-11,21H,12-17H2. The summed E-state index contributed by atoms with van der Waals surface area (Å²) in [5.74, 6) is 0.253. The van der Waals surface area contributed by atoms with Gasteiger partial charge in [0, 0.05) is 56.9 Å². The van der Waals surface area contributed by atoms with Gasteiger partial charge in [-0.2, -0.15) is 0 Å². The number of hydrogen-bond donors (Lipinski definition) is 0. The number of nitrogens with zero attached hydrogens (tertiary/aromatic N) is 4. The summed E-state index contributed by atoms with van der Waals surface area (Å²) < 4.78 is 4.97. The minimum absolute atomic E-state index is 0.0787. The first-order valence-electron chi connectivity index (χ1n) is 10.6. The predicted molar refractivity (Wildman–Crippen MR) is 116 cm³/mol. The number of benzene rings is 2. The van der Waals surface area contributed by atoms with Crippen molar-refractivity contribution in [2.24, 2.45) is 0 Å². The van der Waals surface area contributed by atoms with Crippen LogP contribution in [0.25, 0.3) is 11.1 Å². The Balaban J connectivity index is 1.12. The van der Waals surface area contributed by atoms with E-state index in [-0.39, 0.29) is 17.6 Å². The Bertz CT molecular complexity index is 1040. The number of rotatable bonds is 4. The molecule has 0 radical (unpaired) electrons. The lowest BCUT2D eigenvalue weighted by Crippen LogP contribution is -2.64. The Hall–Kier alpha value is -3.45. The summed E-state index contributed by atoms with van der Waals surface area (Å²) in [4.78, 5) is 31.2. The van der Waals surface area contributed by atoms with Crippen LogP contribution in [0.2, 0.25) is 0 Å². The van der Waals surface area contributed by atoms with E-state index in [1.807, 2.05) is 47.4 Å². The Kier molecular flexibility index (Phi) is 5.26. The molecule has 2 aliphatic heterocycles. The summed E-state index contributed by atoms with van der Waals surface area (Å²) in [6, 6.07) is 19.9. The molecule has 0 aliphatic carbocycles. The van der Waals surface area contributed by atoms with Crippen molar-refractivity contribution in [3.05, 3.63) is 78.2 Å². The van der Waals surface area contributed by atoms with Crippen LogP contribution in [0, 0.1) is 0 Å². The van der Waals surface area contributed by atoms with Gasteiger partial charge in [-0.25, -0.2) is 0 Å². The average Bonchev–Trinajstić information content (AvgIpc) is 3.34. The minimum Gasteiger partial charge on any atom is -0.351 e. The van der Waals surface area contributed by atoms with Crippen molar-refractivity contribution in [2.45, 2.75) is 6.04 Å². The molecule has 0 bridgehead atoms. The van der Waals surface area contributed by atoms with E-state index >= 15 is 0 Å². The summed E-state index contributed by atoms with van der Waals surface area (Å²) in [6.45, 7) is 4.39. The van der Waals surface area contributed by atoms with Crippen molar-refractivity contribution < 1.29 is 14.1 Å². The molecule has 1 aromatic heterocycles. The monoisotopic (exact) mass is 416 g/mol. The first-order valence-corrected chi connectivity index (χ1v) is 10.6. The SMILES string of the molecule is O=C(c1ccc(-c2ccccc2)cc1)N1CC(N2CCN(C(=O)c3ccno3)CC2)C1. The fourth-order valence-corrected chi connectivity index (χ4v) is 4.24. The van der Waals surface area contributed by atoms with Crippen LogP contribution in [-0.2, 0) is 0 Å². The molecule has 3 heterocycles. The van der Waals surface area contributed by atoms with Gasteiger partial charge < -0.3 is 14.3 Å². The van der Waals surface area contributed by atoms with Gasteiger partial charge in [-0.3, -0.25) is 14.5 Å². The maximum atomic E-state index is 12.8. The zero-order valence-electron chi connectivity index (χ0n) is 17.2. The number of likely N-dealkylation sites (tertiary alicyclic amines) is 1. The quantitative estimate of drug-likeness (QED) is 0.654. The van der Waals surface area contributed by atoms with Gasteiger partial charge in [0.2, 0.25) is 5.76 Å². The zero-order valence-corrected chi connectivity index (χ0v) is 17.2. The van der Waals surface area contributed by atoms with Crippen LogP contribution in [0.5, 0.6) is 0 Å². The molecule has 2 amide bonds. The van der Waals surface area contributed by atoms with Crippen molar-refractivity contribution in [2.75, 3.05) is 39.3 Å². The molecule has 2 saturated heterocycles. The van der Waals surface area contributed by atoms with Gasteiger partial charge in [0.05, 0.1) is 6.20 Å². The molecule has 0 atom stereocenters. The van der Waals surface area contributed by atoms with Crippen molar-refractivity contribution >= 4 is 11.8 Å². The second-order valence-corrected chi connectivity index (χ2v) is 8.01. The van der Waals surface area contributed by atoms with Gasteiger partial charge in [-0.05, 0) is 23.3 Å². The molecule has 0 spiro atoms. The highest BCUT2D eigenvalue weighted by atomic mass is 16.5. The second-order valence-electron chi connectivity index (χ2n) is 8.01. The molecular formula is C24H24N4O3. The predicted octanol–water partition coefficient (Wildman–Crippen LogP) is 2.62. The molecule has 0 unspecified atom stereocenters. The van der Waals surface area contributed by atoms with Crippen molar-refractivity contribution in [1.82, 2.24) is 19.9 Å². The van der Waals surface area contributed by atoms with E-state index in [9.17, 15) is 9.59 Å². The van der Waals surface area contributed by atoms with E-state index in [4.69, 9.17) is 4.52 Å². The van der Waals surface area contributed by atoms with Crippen LogP contribution < -0.4 is 0 Å². The molecule has 5 rings (SSSR count). The van der Waals surface area contributed by atoms with E-state index < -0.39 is 0 Å². The lowest BCUT2D eigenvalue weighted by Gasteiger charge is -2.48. The molecule has 31 heavy (non-hydrogen) atoms. The van der Waals surface area contributed by atoms with E-state index in [1.165, 1.54) is 6.20 Å². The van der Waals surface area contributed by atoms with Crippen LogP contribution in [0.15, 0.2) is 71.4 Å². The average molecular weight is 416 g/mol. The third-order valence-electron chi connectivity index (χ3n) is 6.15. The number of carbonyl (C=O) groups is 2. The summed E-state index contributed by atoms with van der Waals surface area (Å²) in [7, 11) is 0. The summed E-state index contributed by atoms with van der Waals surface area (Å²) >= 11 is 0. The highest BCUT2D eigenvalue weighted by Crippen LogP contribution is 2.23. The molecule has 2 aromatic carbocycles. The Labute approximate surface area is 180 Å². The molecule has 3 aromatic rings. The maximum absolute atomic E-state index is 12.8. The normalized spacial score (nSPS) is 17.4. The van der Waals surface area contributed by atoms with E-state index in [0.29, 0.717) is 19.1 Å². The molecule has 158 valence electrons. The van der Waals surface area contributed by atoms with E-state index in [0.717, 1.165) is 42.9 Å². The number of piperazine rings is 1. The first kappa shape index (κ1) is 19.5. The number of amides is 2. The lowest BCUT2D eigenvalue weighted by molar-refractivity contribution is 0.00780. The summed E-state index contributed by atoms with van der Waals surface area (Å²) in [6.07, 6.45) is 1.48. The Morgan fingerprint density at radius 2 is 1.45 bits per heavy atom. The lowest BCUT2D eigenvalue weighted by atomic mass is 10.0. The molecule has 0 saturated carbocycles. The number of carbonyl (C=O) groups excluding carboxylic acids is 2. The van der Waals surface area contributed by atoms with Crippen LogP contribution in [0.4, 0.5) is 0 Å². The molecule has 2 fully saturated rings. The summed E-state index contributed by atoms with van der Waals surface area (Å²) in [5.41, 5.74) is 2.98. The fourth-order valence-electron chi connectivity index (χ4n) is 4.24. The first-order chi connectivity index (χ1) is 15.2. The maximum Gasteiger partial charge on any atom is 0.292 e. The fraction of sp³-hybridized carbons (Fsp3) is 0.292. The molecule has 2 aliphatic rings. The molecular weight excluding hydrogens is 392 g/mol. The van der Waals surface area contributed by atoms with Gasteiger partial charge in [-0.15, -0.1) is 0 Å². The number of hydrogen-bond acceptors (Lipinski definition) is 5. The minimum atomic E-state index is -0.110. The molecule has 7 heteroatoms. The third-order valence-corrected chi connectivity index (χ3v) is 6.15.